The van der Waals surface area contributed by atoms with Gasteiger partial charge in [-0.05, 0) is 95.9 Å². The van der Waals surface area contributed by atoms with Crippen LogP contribution < -0.4 is 5.32 Å². The van der Waals surface area contributed by atoms with E-state index in [4.69, 9.17) is 4.74 Å². The van der Waals surface area contributed by atoms with Gasteiger partial charge in [-0.25, -0.2) is 4.79 Å². The molecule has 4 fully saturated rings. The van der Waals surface area contributed by atoms with Gasteiger partial charge in [-0.1, -0.05) is 6.42 Å². The minimum absolute atomic E-state index is 0.122. The average molecular weight is 349 g/mol. The van der Waals surface area contributed by atoms with Crippen molar-refractivity contribution in [3.63, 3.8) is 0 Å². The Kier molecular flexibility index (Phi) is 4.76. The van der Waals surface area contributed by atoms with Crippen LogP contribution in [0.4, 0.5) is 4.79 Å². The van der Waals surface area contributed by atoms with E-state index >= 15 is 0 Å². The SMILES string of the molecule is CC(C)(C)OC(=O)N(CCCNC1CC2CC1C1CCCC21)C1CC1. The van der Waals surface area contributed by atoms with Crippen LogP contribution in [0.1, 0.15) is 72.1 Å². The Balaban J connectivity index is 1.20. The van der Waals surface area contributed by atoms with Gasteiger partial charge in [0.1, 0.15) is 5.60 Å². The second-order valence-electron chi connectivity index (χ2n) is 9.97. The highest BCUT2D eigenvalue weighted by atomic mass is 16.6. The maximum Gasteiger partial charge on any atom is 0.410 e. The fraction of sp³-hybridized carbons (Fsp3) is 0.952. The largest absolute Gasteiger partial charge is 0.444 e. The zero-order chi connectivity index (χ0) is 17.6. The van der Waals surface area contributed by atoms with E-state index in [2.05, 4.69) is 5.32 Å². The minimum atomic E-state index is -0.399. The molecule has 2 bridgehead atoms. The standard InChI is InChI=1S/C21H36N2O2/c1-21(2,3)25-20(24)23(15-8-9-15)11-5-10-22-19-13-14-12-18(19)17-7-4-6-16(14)17/h14-19,22H,4-13H2,1-3H3. The molecule has 1 N–H and O–H groups in total. The van der Waals surface area contributed by atoms with E-state index in [0.29, 0.717) is 6.04 Å². The first kappa shape index (κ1) is 17.6. The number of hydrogen-bond acceptors (Lipinski definition) is 3. The van der Waals surface area contributed by atoms with Crippen LogP contribution >= 0.6 is 0 Å². The fourth-order valence-corrected chi connectivity index (χ4v) is 5.97. The molecule has 0 radical (unpaired) electrons. The molecule has 4 saturated carbocycles. The molecule has 0 aromatic rings. The summed E-state index contributed by atoms with van der Waals surface area (Å²) < 4.78 is 5.59. The molecule has 1 amide bonds. The van der Waals surface area contributed by atoms with Gasteiger partial charge in [0.25, 0.3) is 0 Å². The Hall–Kier alpha value is -0.770. The topological polar surface area (TPSA) is 41.6 Å². The quantitative estimate of drug-likeness (QED) is 0.732. The zero-order valence-electron chi connectivity index (χ0n) is 16.3. The van der Waals surface area contributed by atoms with E-state index in [9.17, 15) is 4.79 Å². The van der Waals surface area contributed by atoms with Crippen LogP contribution in [-0.2, 0) is 4.74 Å². The molecule has 25 heavy (non-hydrogen) atoms. The minimum Gasteiger partial charge on any atom is -0.444 e. The van der Waals surface area contributed by atoms with Gasteiger partial charge in [-0.3, -0.25) is 0 Å². The molecular formula is C21H36N2O2. The maximum absolute atomic E-state index is 12.4. The third-order valence-electron chi connectivity index (χ3n) is 7.03. The normalized spacial score (nSPS) is 36.5. The molecular weight excluding hydrogens is 312 g/mol. The van der Waals surface area contributed by atoms with Crippen LogP contribution in [-0.4, -0.2) is 41.8 Å². The van der Waals surface area contributed by atoms with E-state index in [1.807, 2.05) is 25.7 Å². The summed E-state index contributed by atoms with van der Waals surface area (Å²) in [6.07, 6.45) is 10.6. The van der Waals surface area contributed by atoms with Gasteiger partial charge in [0, 0.05) is 18.6 Å². The molecule has 0 aliphatic heterocycles. The maximum atomic E-state index is 12.4. The number of hydrogen-bond donors (Lipinski definition) is 1. The van der Waals surface area contributed by atoms with E-state index in [-0.39, 0.29) is 6.09 Å². The summed E-state index contributed by atoms with van der Waals surface area (Å²) in [6.45, 7) is 7.71. The van der Waals surface area contributed by atoms with E-state index in [0.717, 1.165) is 62.1 Å². The van der Waals surface area contributed by atoms with Gasteiger partial charge in [0.15, 0.2) is 0 Å². The molecule has 0 saturated heterocycles. The zero-order valence-corrected chi connectivity index (χ0v) is 16.3. The van der Waals surface area contributed by atoms with Gasteiger partial charge in [-0.15, -0.1) is 0 Å². The average Bonchev–Trinajstić information content (AvgIpc) is 2.95. The third kappa shape index (κ3) is 3.84. The highest BCUT2D eigenvalue weighted by Crippen LogP contribution is 2.58. The number of carbonyl (C=O) groups is 1. The summed E-state index contributed by atoms with van der Waals surface area (Å²) in [5.41, 5.74) is -0.399. The van der Waals surface area contributed by atoms with E-state index in [1.165, 1.54) is 32.1 Å². The number of ether oxygens (including phenoxy) is 1. The molecule has 142 valence electrons. The van der Waals surface area contributed by atoms with Crippen LogP contribution in [0.5, 0.6) is 0 Å². The first-order valence-electron chi connectivity index (χ1n) is 10.7. The summed E-state index contributed by atoms with van der Waals surface area (Å²) in [5, 5.41) is 3.85. The Labute approximate surface area is 153 Å². The molecule has 5 atom stereocenters. The monoisotopic (exact) mass is 348 g/mol. The molecule has 4 heteroatoms. The van der Waals surface area contributed by atoms with Gasteiger partial charge < -0.3 is 15.0 Å². The second-order valence-corrected chi connectivity index (χ2v) is 9.97. The van der Waals surface area contributed by atoms with Crippen molar-refractivity contribution in [2.24, 2.45) is 23.7 Å². The van der Waals surface area contributed by atoms with Crippen molar-refractivity contribution in [1.29, 1.82) is 0 Å². The number of fused-ring (bicyclic) bond motifs is 5. The summed E-state index contributed by atoms with van der Waals surface area (Å²) >= 11 is 0. The van der Waals surface area contributed by atoms with Crippen molar-refractivity contribution >= 4 is 6.09 Å². The Bertz CT molecular complexity index is 497. The molecule has 4 rings (SSSR count). The lowest BCUT2D eigenvalue weighted by atomic mass is 9.79. The first-order chi connectivity index (χ1) is 11.9. The van der Waals surface area contributed by atoms with Gasteiger partial charge in [-0.2, -0.15) is 0 Å². The lowest BCUT2D eigenvalue weighted by Gasteiger charge is -2.32. The van der Waals surface area contributed by atoms with Gasteiger partial charge >= 0.3 is 6.09 Å². The molecule has 0 aromatic heterocycles. The van der Waals surface area contributed by atoms with Crippen molar-refractivity contribution in [1.82, 2.24) is 10.2 Å². The smallest absolute Gasteiger partial charge is 0.410 e. The molecule has 4 aliphatic rings. The Morgan fingerprint density at radius 2 is 1.84 bits per heavy atom. The van der Waals surface area contributed by atoms with Crippen molar-refractivity contribution in [3.8, 4) is 0 Å². The molecule has 5 unspecified atom stereocenters. The fourth-order valence-electron chi connectivity index (χ4n) is 5.97. The third-order valence-corrected chi connectivity index (χ3v) is 7.03. The number of nitrogens with zero attached hydrogens (tertiary/aromatic N) is 1. The molecule has 0 spiro atoms. The highest BCUT2D eigenvalue weighted by Gasteiger charge is 2.53. The summed E-state index contributed by atoms with van der Waals surface area (Å²) in [7, 11) is 0. The predicted octanol–water partition coefficient (Wildman–Crippen LogP) is 4.19. The van der Waals surface area contributed by atoms with Crippen LogP contribution in [0.2, 0.25) is 0 Å². The Morgan fingerprint density at radius 1 is 1.08 bits per heavy atom. The highest BCUT2D eigenvalue weighted by molar-refractivity contribution is 5.69. The van der Waals surface area contributed by atoms with Crippen LogP contribution in [0.15, 0.2) is 0 Å². The summed E-state index contributed by atoms with van der Waals surface area (Å²) in [6, 6.07) is 1.18. The summed E-state index contributed by atoms with van der Waals surface area (Å²) in [4.78, 5) is 14.4. The number of nitrogens with one attached hydrogen (secondary N) is 1. The van der Waals surface area contributed by atoms with Crippen molar-refractivity contribution in [3.05, 3.63) is 0 Å². The lowest BCUT2D eigenvalue weighted by Crippen LogP contribution is -2.42. The van der Waals surface area contributed by atoms with Crippen LogP contribution in [0.3, 0.4) is 0 Å². The van der Waals surface area contributed by atoms with Crippen LogP contribution in [0.25, 0.3) is 0 Å². The predicted molar refractivity (Wildman–Crippen MR) is 99.4 cm³/mol. The van der Waals surface area contributed by atoms with Crippen molar-refractivity contribution in [2.45, 2.75) is 89.8 Å². The Morgan fingerprint density at radius 3 is 2.56 bits per heavy atom. The van der Waals surface area contributed by atoms with Crippen molar-refractivity contribution < 1.29 is 9.53 Å². The molecule has 0 aromatic carbocycles. The van der Waals surface area contributed by atoms with E-state index in [1.54, 1.807) is 0 Å². The molecule has 4 aliphatic carbocycles. The number of rotatable bonds is 6. The second kappa shape index (κ2) is 6.75. The van der Waals surface area contributed by atoms with Gasteiger partial charge in [0.05, 0.1) is 0 Å². The lowest BCUT2D eigenvalue weighted by molar-refractivity contribution is 0.0231. The van der Waals surface area contributed by atoms with E-state index < -0.39 is 5.60 Å². The molecule has 0 heterocycles. The van der Waals surface area contributed by atoms with Crippen molar-refractivity contribution in [2.75, 3.05) is 13.1 Å². The first-order valence-corrected chi connectivity index (χ1v) is 10.7. The molecule has 4 nitrogen and oxygen atoms in total. The summed E-state index contributed by atoms with van der Waals surface area (Å²) in [5.74, 6) is 4.06. The number of carbonyl (C=O) groups excluding carboxylic acids is 1. The van der Waals surface area contributed by atoms with Crippen LogP contribution in [0, 0.1) is 23.7 Å². The van der Waals surface area contributed by atoms with Gasteiger partial charge in [0.2, 0.25) is 0 Å². The number of amides is 1.